The molecule has 0 bridgehead atoms. The zero-order valence-corrected chi connectivity index (χ0v) is 11.2. The number of aromatic nitrogens is 1. The highest BCUT2D eigenvalue weighted by molar-refractivity contribution is 7.21. The van der Waals surface area contributed by atoms with E-state index in [9.17, 15) is 9.90 Å². The molecule has 19 heavy (non-hydrogen) atoms. The number of nitrogens with zero attached hydrogens (tertiary/aromatic N) is 2. The molecule has 1 aliphatic heterocycles. The Balaban J connectivity index is 1.91. The zero-order chi connectivity index (χ0) is 13.4. The molecular weight excluding hydrogens is 262 g/mol. The lowest BCUT2D eigenvalue weighted by Gasteiger charge is -2.29. The fourth-order valence-corrected chi connectivity index (χ4v) is 3.35. The first kappa shape index (κ1) is 12.4. The second-order valence-electron chi connectivity index (χ2n) is 4.72. The number of fused-ring (bicyclic) bond motifs is 1. The first-order valence-electron chi connectivity index (χ1n) is 6.27. The van der Waals surface area contributed by atoms with Crippen LogP contribution in [0, 0.1) is 0 Å². The first-order chi connectivity index (χ1) is 9.16. The van der Waals surface area contributed by atoms with Crippen molar-refractivity contribution in [1.82, 2.24) is 9.88 Å². The third-order valence-electron chi connectivity index (χ3n) is 3.45. The van der Waals surface area contributed by atoms with Gasteiger partial charge in [-0.25, -0.2) is 4.98 Å². The predicted octanol–water partition coefficient (Wildman–Crippen LogP) is 1.48. The van der Waals surface area contributed by atoms with Crippen molar-refractivity contribution in [1.29, 1.82) is 0 Å². The highest BCUT2D eigenvalue weighted by Gasteiger charge is 2.25. The Morgan fingerprint density at radius 1 is 1.47 bits per heavy atom. The number of anilines is 1. The van der Waals surface area contributed by atoms with Gasteiger partial charge in [-0.05, 0) is 25.0 Å². The van der Waals surface area contributed by atoms with E-state index in [0.29, 0.717) is 36.5 Å². The molecule has 0 aliphatic carbocycles. The predicted molar refractivity (Wildman–Crippen MR) is 75.2 cm³/mol. The normalized spacial score (nSPS) is 17.0. The van der Waals surface area contributed by atoms with Gasteiger partial charge < -0.3 is 15.7 Å². The van der Waals surface area contributed by atoms with Crippen LogP contribution in [-0.4, -0.2) is 40.1 Å². The van der Waals surface area contributed by atoms with E-state index in [1.54, 1.807) is 11.1 Å². The molecule has 3 heterocycles. The Labute approximate surface area is 114 Å². The molecule has 6 heteroatoms. The van der Waals surface area contributed by atoms with E-state index in [1.165, 1.54) is 11.3 Å². The molecule has 0 radical (unpaired) electrons. The van der Waals surface area contributed by atoms with E-state index in [-0.39, 0.29) is 12.0 Å². The topological polar surface area (TPSA) is 79.5 Å². The first-order valence-corrected chi connectivity index (χ1v) is 7.09. The van der Waals surface area contributed by atoms with Crippen LogP contribution in [0.15, 0.2) is 18.3 Å². The minimum atomic E-state index is -0.287. The summed E-state index contributed by atoms with van der Waals surface area (Å²) in [4.78, 5) is 19.8. The number of nitrogen functional groups attached to an aromatic ring is 1. The van der Waals surface area contributed by atoms with Crippen LogP contribution < -0.4 is 5.73 Å². The average molecular weight is 277 g/mol. The van der Waals surface area contributed by atoms with Gasteiger partial charge in [-0.15, -0.1) is 11.3 Å². The van der Waals surface area contributed by atoms with Crippen LogP contribution in [-0.2, 0) is 0 Å². The molecule has 0 saturated carbocycles. The number of nitrogens with two attached hydrogens (primary N) is 1. The SMILES string of the molecule is Nc1c(C(=O)N2CCC(O)CC2)sc2ncccc12. The molecule has 3 N–H and O–H groups in total. The summed E-state index contributed by atoms with van der Waals surface area (Å²) in [5.41, 5.74) is 6.57. The summed E-state index contributed by atoms with van der Waals surface area (Å²) < 4.78 is 0. The third-order valence-corrected chi connectivity index (χ3v) is 4.57. The number of thiophene rings is 1. The number of amides is 1. The van der Waals surface area contributed by atoms with Crippen LogP contribution in [0.2, 0.25) is 0 Å². The summed E-state index contributed by atoms with van der Waals surface area (Å²) >= 11 is 1.34. The lowest BCUT2D eigenvalue weighted by atomic mass is 10.1. The summed E-state index contributed by atoms with van der Waals surface area (Å²) in [6.45, 7) is 1.17. The number of carbonyl (C=O) groups is 1. The standard InChI is InChI=1S/C13H15N3O2S/c14-10-9-2-1-5-15-12(9)19-11(10)13(18)16-6-3-8(17)4-7-16/h1-2,5,8,17H,3-4,6-7,14H2. The van der Waals surface area contributed by atoms with Gasteiger partial charge in [0.2, 0.25) is 0 Å². The summed E-state index contributed by atoms with van der Waals surface area (Å²) in [5, 5.41) is 10.3. The van der Waals surface area contributed by atoms with Crippen LogP contribution in [0.25, 0.3) is 10.2 Å². The minimum absolute atomic E-state index is 0.0487. The minimum Gasteiger partial charge on any atom is -0.397 e. The fourth-order valence-electron chi connectivity index (χ4n) is 2.32. The lowest BCUT2D eigenvalue weighted by molar-refractivity contribution is 0.0551. The molecule has 1 amide bonds. The van der Waals surface area contributed by atoms with Gasteiger partial charge in [0.1, 0.15) is 9.71 Å². The molecule has 1 saturated heterocycles. The average Bonchev–Trinajstić information content (AvgIpc) is 2.77. The van der Waals surface area contributed by atoms with Crippen molar-refractivity contribution in [3.05, 3.63) is 23.2 Å². The molecule has 1 fully saturated rings. The van der Waals surface area contributed by atoms with Crippen molar-refractivity contribution in [2.75, 3.05) is 18.8 Å². The number of carbonyl (C=O) groups excluding carboxylic acids is 1. The molecule has 2 aromatic rings. The summed E-state index contributed by atoms with van der Waals surface area (Å²) in [6.07, 6.45) is 2.68. The van der Waals surface area contributed by atoms with E-state index in [2.05, 4.69) is 4.98 Å². The zero-order valence-electron chi connectivity index (χ0n) is 10.4. The fraction of sp³-hybridized carbons (Fsp3) is 0.385. The van der Waals surface area contributed by atoms with Gasteiger partial charge in [0.25, 0.3) is 5.91 Å². The Morgan fingerprint density at radius 3 is 2.89 bits per heavy atom. The van der Waals surface area contributed by atoms with Crippen LogP contribution in [0.3, 0.4) is 0 Å². The van der Waals surface area contributed by atoms with Gasteiger partial charge in [-0.2, -0.15) is 0 Å². The van der Waals surface area contributed by atoms with Crippen LogP contribution in [0.1, 0.15) is 22.5 Å². The molecule has 0 atom stereocenters. The molecule has 100 valence electrons. The molecule has 0 unspecified atom stereocenters. The number of aliphatic hydroxyl groups is 1. The quantitative estimate of drug-likeness (QED) is 0.827. The highest BCUT2D eigenvalue weighted by atomic mass is 32.1. The molecule has 5 nitrogen and oxygen atoms in total. The van der Waals surface area contributed by atoms with E-state index >= 15 is 0 Å². The number of hydrogen-bond donors (Lipinski definition) is 2. The maximum absolute atomic E-state index is 12.4. The van der Waals surface area contributed by atoms with Gasteiger partial charge in [-0.1, -0.05) is 0 Å². The largest absolute Gasteiger partial charge is 0.397 e. The van der Waals surface area contributed by atoms with E-state index < -0.39 is 0 Å². The van der Waals surface area contributed by atoms with Crippen LogP contribution >= 0.6 is 11.3 Å². The Hall–Kier alpha value is -1.66. The molecule has 0 spiro atoms. The number of likely N-dealkylation sites (tertiary alicyclic amines) is 1. The second kappa shape index (κ2) is 4.79. The number of pyridine rings is 1. The maximum atomic E-state index is 12.4. The van der Waals surface area contributed by atoms with Crippen molar-refractivity contribution < 1.29 is 9.90 Å². The van der Waals surface area contributed by atoms with Gasteiger partial charge in [0.15, 0.2) is 0 Å². The lowest BCUT2D eigenvalue weighted by Crippen LogP contribution is -2.39. The number of hydrogen-bond acceptors (Lipinski definition) is 5. The third kappa shape index (κ3) is 2.17. The Kier molecular flexibility index (Phi) is 3.12. The van der Waals surface area contributed by atoms with Crippen molar-refractivity contribution >= 4 is 33.1 Å². The van der Waals surface area contributed by atoms with E-state index in [4.69, 9.17) is 5.73 Å². The van der Waals surface area contributed by atoms with Crippen LogP contribution in [0.5, 0.6) is 0 Å². The van der Waals surface area contributed by atoms with E-state index in [0.717, 1.165) is 10.2 Å². The second-order valence-corrected chi connectivity index (χ2v) is 5.72. The molecular formula is C13H15N3O2S. The van der Waals surface area contributed by atoms with Gasteiger partial charge >= 0.3 is 0 Å². The number of rotatable bonds is 1. The van der Waals surface area contributed by atoms with Crippen molar-refractivity contribution in [3.8, 4) is 0 Å². The van der Waals surface area contributed by atoms with Crippen molar-refractivity contribution in [2.45, 2.75) is 18.9 Å². The number of aliphatic hydroxyl groups excluding tert-OH is 1. The summed E-state index contributed by atoms with van der Waals surface area (Å²) in [5.74, 6) is -0.0487. The van der Waals surface area contributed by atoms with Crippen molar-refractivity contribution in [2.24, 2.45) is 0 Å². The van der Waals surface area contributed by atoms with E-state index in [1.807, 2.05) is 12.1 Å². The summed E-state index contributed by atoms with van der Waals surface area (Å²) in [7, 11) is 0. The monoisotopic (exact) mass is 277 g/mol. The molecule has 3 rings (SSSR count). The molecule has 0 aromatic carbocycles. The summed E-state index contributed by atoms with van der Waals surface area (Å²) in [6, 6.07) is 3.70. The molecule has 2 aromatic heterocycles. The van der Waals surface area contributed by atoms with Gasteiger partial charge in [0.05, 0.1) is 11.8 Å². The Morgan fingerprint density at radius 2 is 2.21 bits per heavy atom. The maximum Gasteiger partial charge on any atom is 0.266 e. The van der Waals surface area contributed by atoms with Gasteiger partial charge in [0, 0.05) is 24.7 Å². The van der Waals surface area contributed by atoms with Gasteiger partial charge in [-0.3, -0.25) is 4.79 Å². The van der Waals surface area contributed by atoms with Crippen LogP contribution in [0.4, 0.5) is 5.69 Å². The molecule has 1 aliphatic rings. The van der Waals surface area contributed by atoms with Crippen molar-refractivity contribution in [3.63, 3.8) is 0 Å². The smallest absolute Gasteiger partial charge is 0.266 e. The highest BCUT2D eigenvalue weighted by Crippen LogP contribution is 2.33. The Bertz CT molecular complexity index is 617. The number of piperidine rings is 1.